The van der Waals surface area contributed by atoms with E-state index >= 15 is 0 Å². The van der Waals surface area contributed by atoms with Gasteiger partial charge in [0.15, 0.2) is 0 Å². The fourth-order valence-electron chi connectivity index (χ4n) is 3.56. The zero-order chi connectivity index (χ0) is 15.2. The maximum absolute atomic E-state index is 4.33. The highest BCUT2D eigenvalue weighted by atomic mass is 15.1. The molecule has 0 radical (unpaired) electrons. The molecule has 2 aromatic rings. The molecule has 1 aliphatic heterocycles. The van der Waals surface area contributed by atoms with Gasteiger partial charge in [0, 0.05) is 11.6 Å². The normalized spacial score (nSPS) is 17.0. The number of hydrogen-bond acceptors (Lipinski definition) is 2. The summed E-state index contributed by atoms with van der Waals surface area (Å²) in [5, 5.41) is 7.62. The second kappa shape index (κ2) is 7.59. The van der Waals surface area contributed by atoms with Gasteiger partial charge < -0.3 is 4.90 Å². The van der Waals surface area contributed by atoms with E-state index in [1.54, 1.807) is 0 Å². The van der Waals surface area contributed by atoms with Crippen molar-refractivity contribution >= 4 is 0 Å². The Bertz CT molecular complexity index is 553. The molecule has 0 atom stereocenters. The first-order valence-corrected chi connectivity index (χ1v) is 8.65. The molecule has 1 aliphatic rings. The van der Waals surface area contributed by atoms with E-state index in [0.29, 0.717) is 5.92 Å². The van der Waals surface area contributed by atoms with E-state index in [0.717, 1.165) is 12.8 Å². The first-order chi connectivity index (χ1) is 10.9. The average molecular weight is 297 g/mol. The number of benzene rings is 1. The minimum absolute atomic E-state index is 0.668. The van der Waals surface area contributed by atoms with Gasteiger partial charge in [-0.25, -0.2) is 0 Å². The molecular weight excluding hydrogens is 270 g/mol. The molecule has 0 bridgehead atoms. The lowest BCUT2D eigenvalue weighted by Crippen LogP contribution is -2.33. The molecule has 0 spiro atoms. The number of likely N-dealkylation sites (tertiary alicyclic amines) is 1. The molecule has 0 saturated carbocycles. The Kier molecular flexibility index (Phi) is 5.28. The number of nitrogens with one attached hydrogen (secondary N) is 1. The number of aromatic amines is 1. The molecule has 0 aliphatic carbocycles. The monoisotopic (exact) mass is 297 g/mol. The van der Waals surface area contributed by atoms with Gasteiger partial charge in [-0.2, -0.15) is 5.10 Å². The topological polar surface area (TPSA) is 31.9 Å². The molecule has 1 fully saturated rings. The molecule has 1 aromatic carbocycles. The number of rotatable bonds is 6. The predicted octanol–water partition coefficient (Wildman–Crippen LogP) is 3.78. The Morgan fingerprint density at radius 2 is 1.91 bits per heavy atom. The van der Waals surface area contributed by atoms with Crippen molar-refractivity contribution in [3.8, 4) is 0 Å². The number of piperidine rings is 1. The summed E-state index contributed by atoms with van der Waals surface area (Å²) in [6, 6.07) is 10.7. The number of nitrogens with zero attached hydrogens (tertiary/aromatic N) is 2. The van der Waals surface area contributed by atoms with Crippen molar-refractivity contribution in [3.63, 3.8) is 0 Å². The van der Waals surface area contributed by atoms with E-state index < -0.39 is 0 Å². The number of aryl methyl sites for hydroxylation is 2. The molecule has 118 valence electrons. The first kappa shape index (κ1) is 15.3. The molecule has 1 N–H and O–H groups in total. The molecule has 0 amide bonds. The van der Waals surface area contributed by atoms with Crippen LogP contribution in [0.2, 0.25) is 0 Å². The van der Waals surface area contributed by atoms with E-state index in [1.807, 2.05) is 6.20 Å². The number of H-pyrrole nitrogens is 1. The van der Waals surface area contributed by atoms with Crippen molar-refractivity contribution in [2.45, 2.75) is 44.9 Å². The van der Waals surface area contributed by atoms with Gasteiger partial charge in [-0.05, 0) is 62.9 Å². The molecular formula is C19H27N3. The molecule has 3 heteroatoms. The third kappa shape index (κ3) is 3.77. The highest BCUT2D eigenvalue weighted by molar-refractivity contribution is 5.24. The molecule has 3 nitrogen and oxygen atoms in total. The Labute approximate surface area is 133 Å². The van der Waals surface area contributed by atoms with Crippen LogP contribution in [-0.4, -0.2) is 34.7 Å². The van der Waals surface area contributed by atoms with Crippen LogP contribution >= 0.6 is 0 Å². The standard InChI is InChI=1S/C19H27N3/c1-2-12-22-13-10-17(11-14-22)19-18(15-20-21-19)9-8-16-6-4-3-5-7-16/h3-7,15,17H,2,8-14H2,1H3,(H,20,21). The van der Waals surface area contributed by atoms with Crippen LogP contribution in [0, 0.1) is 0 Å². The summed E-state index contributed by atoms with van der Waals surface area (Å²) in [7, 11) is 0. The smallest absolute Gasteiger partial charge is 0.0522 e. The molecule has 0 unspecified atom stereocenters. The summed E-state index contributed by atoms with van der Waals surface area (Å²) in [6.45, 7) is 5.98. The molecule has 22 heavy (non-hydrogen) atoms. The Hall–Kier alpha value is -1.61. The molecule has 3 rings (SSSR count). The van der Waals surface area contributed by atoms with Crippen molar-refractivity contribution < 1.29 is 0 Å². The summed E-state index contributed by atoms with van der Waals surface area (Å²) >= 11 is 0. The predicted molar refractivity (Wildman–Crippen MR) is 91.1 cm³/mol. The summed E-state index contributed by atoms with van der Waals surface area (Å²) in [5.41, 5.74) is 4.22. The van der Waals surface area contributed by atoms with Crippen LogP contribution in [0.5, 0.6) is 0 Å². The van der Waals surface area contributed by atoms with Gasteiger partial charge >= 0.3 is 0 Å². The van der Waals surface area contributed by atoms with Crippen molar-refractivity contribution in [3.05, 3.63) is 53.3 Å². The fourth-order valence-corrected chi connectivity index (χ4v) is 3.56. The zero-order valence-corrected chi connectivity index (χ0v) is 13.6. The Morgan fingerprint density at radius 1 is 1.14 bits per heavy atom. The SMILES string of the molecule is CCCN1CCC(c2[nH]ncc2CCc2ccccc2)CC1. The van der Waals surface area contributed by atoms with Crippen molar-refractivity contribution in [1.29, 1.82) is 0 Å². The van der Waals surface area contributed by atoms with Gasteiger partial charge in [-0.15, -0.1) is 0 Å². The second-order valence-corrected chi connectivity index (χ2v) is 6.41. The maximum Gasteiger partial charge on any atom is 0.0522 e. The van der Waals surface area contributed by atoms with Crippen LogP contribution in [0.4, 0.5) is 0 Å². The van der Waals surface area contributed by atoms with E-state index in [2.05, 4.69) is 52.4 Å². The van der Waals surface area contributed by atoms with E-state index in [-0.39, 0.29) is 0 Å². The van der Waals surface area contributed by atoms with Crippen LogP contribution in [0.25, 0.3) is 0 Å². The summed E-state index contributed by atoms with van der Waals surface area (Å²) < 4.78 is 0. The minimum Gasteiger partial charge on any atom is -0.303 e. The van der Waals surface area contributed by atoms with Crippen LogP contribution < -0.4 is 0 Å². The van der Waals surface area contributed by atoms with E-state index in [4.69, 9.17) is 0 Å². The lowest BCUT2D eigenvalue weighted by atomic mass is 9.90. The number of aromatic nitrogens is 2. The van der Waals surface area contributed by atoms with E-state index in [1.165, 1.54) is 55.7 Å². The van der Waals surface area contributed by atoms with Crippen LogP contribution in [-0.2, 0) is 12.8 Å². The molecule has 2 heterocycles. The van der Waals surface area contributed by atoms with E-state index in [9.17, 15) is 0 Å². The van der Waals surface area contributed by atoms with Gasteiger partial charge in [-0.3, -0.25) is 5.10 Å². The first-order valence-electron chi connectivity index (χ1n) is 8.65. The molecule has 1 aromatic heterocycles. The van der Waals surface area contributed by atoms with Gasteiger partial charge in [-0.1, -0.05) is 37.3 Å². The third-order valence-corrected chi connectivity index (χ3v) is 4.81. The lowest BCUT2D eigenvalue weighted by molar-refractivity contribution is 0.211. The van der Waals surface area contributed by atoms with Crippen molar-refractivity contribution in [2.24, 2.45) is 0 Å². The van der Waals surface area contributed by atoms with Crippen LogP contribution in [0.15, 0.2) is 36.5 Å². The highest BCUT2D eigenvalue weighted by Gasteiger charge is 2.23. The van der Waals surface area contributed by atoms with Gasteiger partial charge in [0.2, 0.25) is 0 Å². The fraction of sp³-hybridized carbons (Fsp3) is 0.526. The van der Waals surface area contributed by atoms with Gasteiger partial charge in [0.05, 0.1) is 6.20 Å². The Morgan fingerprint density at radius 3 is 2.64 bits per heavy atom. The summed E-state index contributed by atoms with van der Waals surface area (Å²) in [5.74, 6) is 0.668. The van der Waals surface area contributed by atoms with Gasteiger partial charge in [0.25, 0.3) is 0 Å². The minimum atomic E-state index is 0.668. The summed E-state index contributed by atoms with van der Waals surface area (Å²) in [4.78, 5) is 2.59. The van der Waals surface area contributed by atoms with Crippen LogP contribution in [0.1, 0.15) is 48.9 Å². The highest BCUT2D eigenvalue weighted by Crippen LogP contribution is 2.29. The second-order valence-electron chi connectivity index (χ2n) is 6.41. The maximum atomic E-state index is 4.33. The third-order valence-electron chi connectivity index (χ3n) is 4.81. The zero-order valence-electron chi connectivity index (χ0n) is 13.6. The number of hydrogen-bond donors (Lipinski definition) is 1. The summed E-state index contributed by atoms with van der Waals surface area (Å²) in [6.07, 6.45) is 8.02. The van der Waals surface area contributed by atoms with Crippen LogP contribution in [0.3, 0.4) is 0 Å². The largest absolute Gasteiger partial charge is 0.303 e. The van der Waals surface area contributed by atoms with Crippen molar-refractivity contribution in [1.82, 2.24) is 15.1 Å². The van der Waals surface area contributed by atoms with Gasteiger partial charge in [0.1, 0.15) is 0 Å². The lowest BCUT2D eigenvalue weighted by Gasteiger charge is -2.31. The Balaban J connectivity index is 1.58. The van der Waals surface area contributed by atoms with Crippen molar-refractivity contribution in [2.75, 3.05) is 19.6 Å². The molecule has 1 saturated heterocycles. The quantitative estimate of drug-likeness (QED) is 0.880. The average Bonchev–Trinajstić information content (AvgIpc) is 3.03.